The van der Waals surface area contributed by atoms with E-state index in [-0.39, 0.29) is 17.7 Å². The molecular weight excluding hydrogens is 242 g/mol. The minimum atomic E-state index is -0.0960. The first-order valence-corrected chi connectivity index (χ1v) is 6.66. The first kappa shape index (κ1) is 13.5. The summed E-state index contributed by atoms with van der Waals surface area (Å²) < 4.78 is 0. The summed E-state index contributed by atoms with van der Waals surface area (Å²) >= 11 is 0. The van der Waals surface area contributed by atoms with Crippen molar-refractivity contribution in [2.45, 2.75) is 26.3 Å². The molecule has 1 aliphatic rings. The Hall–Kier alpha value is -1.91. The van der Waals surface area contributed by atoms with Crippen LogP contribution in [0.25, 0.3) is 0 Å². The number of amides is 2. The standard InChI is InChI=1S/C14H19N3O2/c1-2-17(10-12-5-3-4-8-15-12)14(19)11-6-7-13(18)16-9-11/h3-5,8,11H,2,6-7,9-10H2,1H3,(H,16,18). The van der Waals surface area contributed by atoms with E-state index in [1.165, 1.54) is 0 Å². The highest BCUT2D eigenvalue weighted by atomic mass is 16.2. The summed E-state index contributed by atoms with van der Waals surface area (Å²) in [6, 6.07) is 5.69. The number of aromatic nitrogens is 1. The van der Waals surface area contributed by atoms with Gasteiger partial charge in [-0.25, -0.2) is 0 Å². The van der Waals surface area contributed by atoms with Crippen LogP contribution in [0.1, 0.15) is 25.5 Å². The number of nitrogens with zero attached hydrogens (tertiary/aromatic N) is 2. The number of pyridine rings is 1. The first-order valence-electron chi connectivity index (χ1n) is 6.66. The molecule has 1 saturated heterocycles. The zero-order valence-corrected chi connectivity index (χ0v) is 11.1. The van der Waals surface area contributed by atoms with E-state index in [0.717, 1.165) is 5.69 Å². The van der Waals surface area contributed by atoms with Crippen LogP contribution in [0.2, 0.25) is 0 Å². The molecule has 0 aromatic carbocycles. The third kappa shape index (κ3) is 3.53. The summed E-state index contributed by atoms with van der Waals surface area (Å²) in [5.41, 5.74) is 0.887. The lowest BCUT2D eigenvalue weighted by molar-refractivity contribution is -0.137. The fraction of sp³-hybridized carbons (Fsp3) is 0.500. The van der Waals surface area contributed by atoms with E-state index in [4.69, 9.17) is 0 Å². The van der Waals surface area contributed by atoms with Gasteiger partial charge >= 0.3 is 0 Å². The number of nitrogens with one attached hydrogen (secondary N) is 1. The highest BCUT2D eigenvalue weighted by Crippen LogP contribution is 2.15. The van der Waals surface area contributed by atoms with Crippen molar-refractivity contribution in [1.29, 1.82) is 0 Å². The second-order valence-electron chi connectivity index (χ2n) is 4.71. The molecule has 0 spiro atoms. The molecule has 1 aromatic rings. The molecule has 2 amide bonds. The Morgan fingerprint density at radius 2 is 2.37 bits per heavy atom. The second kappa shape index (κ2) is 6.31. The average Bonchev–Trinajstić information content (AvgIpc) is 2.46. The van der Waals surface area contributed by atoms with Crippen LogP contribution in [-0.4, -0.2) is 34.8 Å². The molecule has 0 aliphatic carbocycles. The van der Waals surface area contributed by atoms with Gasteiger partial charge in [0.05, 0.1) is 18.2 Å². The molecule has 1 fully saturated rings. The molecule has 1 atom stereocenters. The summed E-state index contributed by atoms with van der Waals surface area (Å²) in [5.74, 6) is 0.0475. The number of carbonyl (C=O) groups excluding carboxylic acids is 2. The minimum absolute atomic E-state index is 0.0387. The van der Waals surface area contributed by atoms with Gasteiger partial charge < -0.3 is 10.2 Å². The van der Waals surface area contributed by atoms with Crippen LogP contribution in [0.4, 0.5) is 0 Å². The van der Waals surface area contributed by atoms with Gasteiger partial charge in [0.1, 0.15) is 0 Å². The largest absolute Gasteiger partial charge is 0.355 e. The van der Waals surface area contributed by atoms with E-state index in [2.05, 4.69) is 10.3 Å². The summed E-state index contributed by atoms with van der Waals surface area (Å²) in [4.78, 5) is 29.5. The topological polar surface area (TPSA) is 62.3 Å². The Labute approximate surface area is 113 Å². The van der Waals surface area contributed by atoms with E-state index < -0.39 is 0 Å². The third-order valence-electron chi connectivity index (χ3n) is 3.39. The van der Waals surface area contributed by atoms with Gasteiger partial charge in [-0.3, -0.25) is 14.6 Å². The Balaban J connectivity index is 1.97. The fourth-order valence-corrected chi connectivity index (χ4v) is 2.23. The van der Waals surface area contributed by atoms with Crippen molar-refractivity contribution in [3.63, 3.8) is 0 Å². The molecule has 1 aliphatic heterocycles. The molecule has 5 nitrogen and oxygen atoms in total. The van der Waals surface area contributed by atoms with Gasteiger partial charge in [0.2, 0.25) is 11.8 Å². The first-order chi connectivity index (χ1) is 9.20. The minimum Gasteiger partial charge on any atom is -0.355 e. The molecule has 0 saturated carbocycles. The predicted octanol–water partition coefficient (Wildman–Crippen LogP) is 0.956. The lowest BCUT2D eigenvalue weighted by atomic mass is 9.97. The van der Waals surface area contributed by atoms with Crippen molar-refractivity contribution in [1.82, 2.24) is 15.2 Å². The molecule has 2 rings (SSSR count). The number of piperidine rings is 1. The average molecular weight is 261 g/mol. The van der Waals surface area contributed by atoms with Crippen molar-refractivity contribution in [3.8, 4) is 0 Å². The molecular formula is C14H19N3O2. The highest BCUT2D eigenvalue weighted by Gasteiger charge is 2.27. The normalized spacial score (nSPS) is 18.8. The van der Waals surface area contributed by atoms with E-state index in [1.54, 1.807) is 11.1 Å². The molecule has 19 heavy (non-hydrogen) atoms. The quantitative estimate of drug-likeness (QED) is 0.878. The summed E-state index contributed by atoms with van der Waals surface area (Å²) in [7, 11) is 0. The summed E-state index contributed by atoms with van der Waals surface area (Å²) in [6.45, 7) is 3.60. The molecule has 1 aromatic heterocycles. The Morgan fingerprint density at radius 3 is 2.95 bits per heavy atom. The number of hydrogen-bond acceptors (Lipinski definition) is 3. The van der Waals surface area contributed by atoms with Crippen molar-refractivity contribution >= 4 is 11.8 Å². The van der Waals surface area contributed by atoms with Gasteiger partial charge in [0.25, 0.3) is 0 Å². The Bertz CT molecular complexity index is 437. The van der Waals surface area contributed by atoms with Crippen LogP contribution in [-0.2, 0) is 16.1 Å². The van der Waals surface area contributed by atoms with Gasteiger partial charge in [-0.15, -0.1) is 0 Å². The van der Waals surface area contributed by atoms with Gasteiger partial charge in [-0.1, -0.05) is 6.07 Å². The second-order valence-corrected chi connectivity index (χ2v) is 4.71. The molecule has 2 heterocycles. The maximum atomic E-state index is 12.4. The lowest BCUT2D eigenvalue weighted by Crippen LogP contribution is -2.44. The van der Waals surface area contributed by atoms with E-state index in [9.17, 15) is 9.59 Å². The smallest absolute Gasteiger partial charge is 0.227 e. The third-order valence-corrected chi connectivity index (χ3v) is 3.39. The highest BCUT2D eigenvalue weighted by molar-refractivity contribution is 5.83. The monoisotopic (exact) mass is 261 g/mol. The van der Waals surface area contributed by atoms with Crippen molar-refractivity contribution in [2.75, 3.05) is 13.1 Å². The van der Waals surface area contributed by atoms with E-state index in [0.29, 0.717) is 32.5 Å². The molecule has 1 unspecified atom stereocenters. The van der Waals surface area contributed by atoms with E-state index in [1.807, 2.05) is 25.1 Å². The van der Waals surface area contributed by atoms with Crippen LogP contribution in [0, 0.1) is 5.92 Å². The molecule has 5 heteroatoms. The van der Waals surface area contributed by atoms with Crippen LogP contribution in [0.15, 0.2) is 24.4 Å². The fourth-order valence-electron chi connectivity index (χ4n) is 2.23. The van der Waals surface area contributed by atoms with Gasteiger partial charge in [-0.2, -0.15) is 0 Å². The van der Waals surface area contributed by atoms with Crippen molar-refractivity contribution in [2.24, 2.45) is 5.92 Å². The molecule has 1 N–H and O–H groups in total. The number of hydrogen-bond donors (Lipinski definition) is 1. The Morgan fingerprint density at radius 1 is 1.53 bits per heavy atom. The van der Waals surface area contributed by atoms with Crippen LogP contribution in [0.5, 0.6) is 0 Å². The zero-order chi connectivity index (χ0) is 13.7. The lowest BCUT2D eigenvalue weighted by Gasteiger charge is -2.28. The van der Waals surface area contributed by atoms with Crippen LogP contribution >= 0.6 is 0 Å². The maximum absolute atomic E-state index is 12.4. The number of rotatable bonds is 4. The van der Waals surface area contributed by atoms with E-state index >= 15 is 0 Å². The maximum Gasteiger partial charge on any atom is 0.227 e. The zero-order valence-electron chi connectivity index (χ0n) is 11.1. The number of carbonyl (C=O) groups is 2. The summed E-state index contributed by atoms with van der Waals surface area (Å²) in [5, 5.41) is 2.75. The molecule has 0 radical (unpaired) electrons. The molecule has 0 bridgehead atoms. The summed E-state index contributed by atoms with van der Waals surface area (Å²) in [6.07, 6.45) is 2.81. The van der Waals surface area contributed by atoms with Crippen molar-refractivity contribution < 1.29 is 9.59 Å². The van der Waals surface area contributed by atoms with Gasteiger partial charge in [-0.05, 0) is 25.5 Å². The van der Waals surface area contributed by atoms with Gasteiger partial charge in [0.15, 0.2) is 0 Å². The van der Waals surface area contributed by atoms with Crippen LogP contribution in [0.3, 0.4) is 0 Å². The van der Waals surface area contributed by atoms with Crippen molar-refractivity contribution in [3.05, 3.63) is 30.1 Å². The SMILES string of the molecule is CCN(Cc1ccccn1)C(=O)C1CCC(=O)NC1. The molecule has 102 valence electrons. The predicted molar refractivity (Wildman–Crippen MR) is 71.1 cm³/mol. The van der Waals surface area contributed by atoms with Crippen LogP contribution < -0.4 is 5.32 Å². The Kier molecular flexibility index (Phi) is 4.49. The van der Waals surface area contributed by atoms with Gasteiger partial charge in [0, 0.05) is 25.7 Å².